The number of amides is 1. The van der Waals surface area contributed by atoms with Crippen molar-refractivity contribution in [1.82, 2.24) is 0 Å². The molecule has 0 aliphatic heterocycles. The zero-order valence-electron chi connectivity index (χ0n) is 20.0. The van der Waals surface area contributed by atoms with Gasteiger partial charge in [0.05, 0.1) is 11.5 Å². The summed E-state index contributed by atoms with van der Waals surface area (Å²) in [4.78, 5) is 23.0. The average molecular weight is 494 g/mol. The predicted molar refractivity (Wildman–Crippen MR) is 141 cm³/mol. The third kappa shape index (κ3) is 6.29. The molecule has 0 heterocycles. The number of non-ortho nitro benzene ring substituents is 1. The van der Waals surface area contributed by atoms with Crippen LogP contribution in [0, 0.1) is 21.4 Å². The minimum absolute atomic E-state index is 0.166. The fourth-order valence-electron chi connectivity index (χ4n) is 3.70. The molecule has 37 heavy (non-hydrogen) atoms. The van der Waals surface area contributed by atoms with Gasteiger partial charge in [-0.3, -0.25) is 14.9 Å². The molecule has 1 amide bonds. The lowest BCUT2D eigenvalue weighted by Gasteiger charge is -2.13. The quantitative estimate of drug-likeness (QED) is 0.127. The van der Waals surface area contributed by atoms with E-state index < -0.39 is 10.8 Å². The van der Waals surface area contributed by atoms with Crippen molar-refractivity contribution in [3.05, 3.63) is 112 Å². The summed E-state index contributed by atoms with van der Waals surface area (Å²) in [5, 5.41) is 25.3. The summed E-state index contributed by atoms with van der Waals surface area (Å²) in [5.41, 5.74) is 1.45. The van der Waals surface area contributed by atoms with E-state index in [0.29, 0.717) is 30.3 Å². The van der Waals surface area contributed by atoms with E-state index in [1.54, 1.807) is 18.2 Å². The lowest BCUT2D eigenvalue weighted by molar-refractivity contribution is -0.384. The Morgan fingerprint density at radius 1 is 0.973 bits per heavy atom. The molecule has 0 spiro atoms. The highest BCUT2D eigenvalue weighted by Gasteiger charge is 2.13. The van der Waals surface area contributed by atoms with Crippen LogP contribution in [0.2, 0.25) is 0 Å². The van der Waals surface area contributed by atoms with Crippen molar-refractivity contribution in [1.29, 1.82) is 5.26 Å². The highest BCUT2D eigenvalue weighted by Crippen LogP contribution is 2.30. The standard InChI is InChI=1S/C29H23N3O5/c1-2-36-28-16-20(14-24(18-30)29(33)31-25-8-5-9-26(17-25)32(34)35)11-13-27(28)37-19-21-10-12-22-6-3-4-7-23(22)15-21/h3-17H,2,19H2,1H3,(H,31,33)/b24-14+. The van der Waals surface area contributed by atoms with Crippen LogP contribution in [0.25, 0.3) is 16.8 Å². The summed E-state index contributed by atoms with van der Waals surface area (Å²) in [5.74, 6) is 0.331. The van der Waals surface area contributed by atoms with E-state index in [0.717, 1.165) is 16.3 Å². The number of nitro groups is 1. The molecule has 8 nitrogen and oxygen atoms in total. The summed E-state index contributed by atoms with van der Waals surface area (Å²) in [6.07, 6.45) is 1.42. The molecule has 4 aromatic rings. The number of nitrogens with one attached hydrogen (secondary N) is 1. The zero-order chi connectivity index (χ0) is 26.2. The van der Waals surface area contributed by atoms with E-state index in [1.807, 2.05) is 43.3 Å². The van der Waals surface area contributed by atoms with E-state index in [-0.39, 0.29) is 16.9 Å². The van der Waals surface area contributed by atoms with Gasteiger partial charge in [0, 0.05) is 17.8 Å². The maximum absolute atomic E-state index is 12.6. The summed E-state index contributed by atoms with van der Waals surface area (Å²) in [6, 6.07) is 26.7. The van der Waals surface area contributed by atoms with Crippen molar-refractivity contribution in [2.45, 2.75) is 13.5 Å². The number of nitro benzene ring substituents is 1. The molecule has 0 atom stereocenters. The highest BCUT2D eigenvalue weighted by molar-refractivity contribution is 6.09. The van der Waals surface area contributed by atoms with Crippen LogP contribution >= 0.6 is 0 Å². The number of hydrogen-bond acceptors (Lipinski definition) is 6. The molecular weight excluding hydrogens is 470 g/mol. The lowest BCUT2D eigenvalue weighted by Crippen LogP contribution is -2.13. The minimum atomic E-state index is -0.683. The van der Waals surface area contributed by atoms with E-state index in [9.17, 15) is 20.2 Å². The molecule has 0 bridgehead atoms. The van der Waals surface area contributed by atoms with Crippen LogP contribution in [-0.2, 0) is 11.4 Å². The number of nitrogens with zero attached hydrogens (tertiary/aromatic N) is 2. The molecular formula is C29H23N3O5. The van der Waals surface area contributed by atoms with Crippen LogP contribution in [0.4, 0.5) is 11.4 Å². The molecule has 0 fully saturated rings. The van der Waals surface area contributed by atoms with Crippen molar-refractivity contribution < 1.29 is 19.2 Å². The Hall–Kier alpha value is -5.16. The van der Waals surface area contributed by atoms with Crippen LogP contribution in [0.5, 0.6) is 11.5 Å². The maximum Gasteiger partial charge on any atom is 0.271 e. The first-order valence-corrected chi connectivity index (χ1v) is 11.5. The fourth-order valence-corrected chi connectivity index (χ4v) is 3.70. The Labute approximate surface area is 213 Å². The van der Waals surface area contributed by atoms with Gasteiger partial charge >= 0.3 is 0 Å². The monoisotopic (exact) mass is 493 g/mol. The first kappa shape index (κ1) is 24.9. The van der Waals surface area contributed by atoms with Gasteiger partial charge in [-0.2, -0.15) is 5.26 Å². The second-order valence-electron chi connectivity index (χ2n) is 8.04. The molecule has 8 heteroatoms. The predicted octanol–water partition coefficient (Wildman–Crippen LogP) is 6.27. The third-order valence-electron chi connectivity index (χ3n) is 5.47. The van der Waals surface area contributed by atoms with Crippen LogP contribution in [0.3, 0.4) is 0 Å². The number of rotatable bonds is 9. The van der Waals surface area contributed by atoms with Crippen LogP contribution < -0.4 is 14.8 Å². The lowest BCUT2D eigenvalue weighted by atomic mass is 10.1. The molecule has 0 radical (unpaired) electrons. The van der Waals surface area contributed by atoms with Gasteiger partial charge in [-0.25, -0.2) is 0 Å². The van der Waals surface area contributed by atoms with E-state index >= 15 is 0 Å². The summed E-state index contributed by atoms with van der Waals surface area (Å²) >= 11 is 0. The van der Waals surface area contributed by atoms with Gasteiger partial charge in [-0.05, 0) is 59.2 Å². The minimum Gasteiger partial charge on any atom is -0.490 e. The molecule has 0 saturated carbocycles. The molecule has 4 aromatic carbocycles. The van der Waals surface area contributed by atoms with Crippen LogP contribution in [0.1, 0.15) is 18.1 Å². The number of carbonyl (C=O) groups is 1. The van der Waals surface area contributed by atoms with E-state index in [2.05, 4.69) is 17.4 Å². The number of hydrogen-bond donors (Lipinski definition) is 1. The number of carbonyl (C=O) groups excluding carboxylic acids is 1. The van der Waals surface area contributed by atoms with Gasteiger partial charge < -0.3 is 14.8 Å². The van der Waals surface area contributed by atoms with E-state index in [1.165, 1.54) is 30.3 Å². The van der Waals surface area contributed by atoms with Gasteiger partial charge in [0.25, 0.3) is 11.6 Å². The van der Waals surface area contributed by atoms with Gasteiger partial charge in [0.2, 0.25) is 0 Å². The topological polar surface area (TPSA) is 114 Å². The number of fused-ring (bicyclic) bond motifs is 1. The van der Waals surface area contributed by atoms with Crippen molar-refractivity contribution in [3.8, 4) is 17.6 Å². The Morgan fingerprint density at radius 2 is 1.78 bits per heavy atom. The van der Waals surface area contributed by atoms with Crippen molar-refractivity contribution >= 4 is 34.1 Å². The summed E-state index contributed by atoms with van der Waals surface area (Å²) < 4.78 is 11.8. The summed E-state index contributed by atoms with van der Waals surface area (Å²) in [6.45, 7) is 2.59. The zero-order valence-corrected chi connectivity index (χ0v) is 20.0. The molecule has 0 aliphatic carbocycles. The molecule has 4 rings (SSSR count). The largest absolute Gasteiger partial charge is 0.490 e. The highest BCUT2D eigenvalue weighted by atomic mass is 16.6. The second kappa shape index (κ2) is 11.5. The molecule has 0 saturated heterocycles. The van der Waals surface area contributed by atoms with E-state index in [4.69, 9.17) is 9.47 Å². The smallest absolute Gasteiger partial charge is 0.271 e. The number of ether oxygens (including phenoxy) is 2. The Kier molecular flexibility index (Phi) is 7.76. The van der Waals surface area contributed by atoms with Gasteiger partial charge in [-0.1, -0.05) is 48.5 Å². The Morgan fingerprint density at radius 3 is 2.54 bits per heavy atom. The van der Waals surface area contributed by atoms with Crippen molar-refractivity contribution in [2.75, 3.05) is 11.9 Å². The van der Waals surface area contributed by atoms with Gasteiger partial charge in [-0.15, -0.1) is 0 Å². The first-order chi connectivity index (χ1) is 18.0. The normalized spacial score (nSPS) is 11.0. The molecule has 0 aromatic heterocycles. The Bertz CT molecular complexity index is 1540. The third-order valence-corrected chi connectivity index (χ3v) is 5.47. The molecule has 0 unspecified atom stereocenters. The first-order valence-electron chi connectivity index (χ1n) is 11.5. The molecule has 1 N–H and O–H groups in total. The number of benzene rings is 4. The Balaban J connectivity index is 1.51. The average Bonchev–Trinajstić information content (AvgIpc) is 2.91. The summed E-state index contributed by atoms with van der Waals surface area (Å²) in [7, 11) is 0. The fraction of sp³-hybridized carbons (Fsp3) is 0.103. The molecule has 184 valence electrons. The van der Waals surface area contributed by atoms with Gasteiger partial charge in [0.1, 0.15) is 18.2 Å². The second-order valence-corrected chi connectivity index (χ2v) is 8.04. The van der Waals surface area contributed by atoms with Gasteiger partial charge in [0.15, 0.2) is 11.5 Å². The molecule has 0 aliphatic rings. The number of nitriles is 1. The number of anilines is 1. The van der Waals surface area contributed by atoms with Crippen molar-refractivity contribution in [3.63, 3.8) is 0 Å². The maximum atomic E-state index is 12.6. The van der Waals surface area contributed by atoms with Crippen LogP contribution in [0.15, 0.2) is 90.5 Å². The van der Waals surface area contributed by atoms with Crippen LogP contribution in [-0.4, -0.2) is 17.4 Å². The SMILES string of the molecule is CCOc1cc(/C=C(\C#N)C(=O)Nc2cccc([N+](=O)[O-])c2)ccc1OCc1ccc2ccccc2c1. The van der Waals surface area contributed by atoms with Crippen molar-refractivity contribution in [2.24, 2.45) is 0 Å².